The van der Waals surface area contributed by atoms with E-state index in [1.54, 1.807) is 0 Å². The Labute approximate surface area is 71.7 Å². The van der Waals surface area contributed by atoms with Gasteiger partial charge in [0.05, 0.1) is 18.8 Å². The van der Waals surface area contributed by atoms with E-state index in [0.717, 1.165) is 6.42 Å². The molecular weight excluding hydrogens is 156 g/mol. The van der Waals surface area contributed by atoms with Crippen molar-refractivity contribution in [3.8, 4) is 0 Å². The number of hydrogen-bond donors (Lipinski definition) is 1. The summed E-state index contributed by atoms with van der Waals surface area (Å²) in [7, 11) is 0. The summed E-state index contributed by atoms with van der Waals surface area (Å²) in [5.41, 5.74) is 0. The highest BCUT2D eigenvalue weighted by molar-refractivity contribution is 4.97. The van der Waals surface area contributed by atoms with Crippen molar-refractivity contribution in [3.63, 3.8) is 0 Å². The van der Waals surface area contributed by atoms with Gasteiger partial charge in [-0.25, -0.2) is 0 Å². The first-order chi connectivity index (χ1) is 5.84. The van der Waals surface area contributed by atoms with Gasteiger partial charge in [0.2, 0.25) is 0 Å². The highest BCUT2D eigenvalue weighted by Gasteiger charge is 2.51. The quantitative estimate of drug-likeness (QED) is 0.576. The van der Waals surface area contributed by atoms with Crippen molar-refractivity contribution in [2.75, 3.05) is 6.61 Å². The fourth-order valence-corrected chi connectivity index (χ4v) is 2.95. The van der Waals surface area contributed by atoms with Gasteiger partial charge in [0.25, 0.3) is 0 Å². The summed E-state index contributed by atoms with van der Waals surface area (Å²) >= 11 is 0. The first-order valence-corrected chi connectivity index (χ1v) is 4.80. The van der Waals surface area contributed by atoms with Gasteiger partial charge in [0, 0.05) is 12.3 Å². The summed E-state index contributed by atoms with van der Waals surface area (Å²) in [6.07, 6.45) is 3.51. The molecule has 3 heteroatoms. The lowest BCUT2D eigenvalue weighted by Gasteiger charge is -2.34. The second-order valence-electron chi connectivity index (χ2n) is 4.14. The van der Waals surface area contributed by atoms with Crippen molar-refractivity contribution in [1.82, 2.24) is 0 Å². The zero-order valence-electron chi connectivity index (χ0n) is 6.98. The number of rotatable bonds is 0. The predicted molar refractivity (Wildman–Crippen MR) is 41.5 cm³/mol. The Kier molecular flexibility index (Phi) is 1.48. The molecule has 0 aliphatic carbocycles. The van der Waals surface area contributed by atoms with E-state index in [1.165, 1.54) is 12.8 Å². The Hall–Kier alpha value is -0.120. The maximum atomic E-state index is 9.31. The fourth-order valence-electron chi connectivity index (χ4n) is 2.95. The lowest BCUT2D eigenvalue weighted by atomic mass is 9.76. The normalized spacial score (nSPS) is 57.2. The first-order valence-electron chi connectivity index (χ1n) is 4.80. The van der Waals surface area contributed by atoms with E-state index in [1.807, 2.05) is 0 Å². The van der Waals surface area contributed by atoms with Gasteiger partial charge in [-0.3, -0.25) is 0 Å². The van der Waals surface area contributed by atoms with E-state index in [-0.39, 0.29) is 0 Å². The highest BCUT2D eigenvalue weighted by Crippen LogP contribution is 2.47. The van der Waals surface area contributed by atoms with E-state index in [4.69, 9.17) is 9.47 Å². The van der Waals surface area contributed by atoms with Gasteiger partial charge in [-0.2, -0.15) is 0 Å². The van der Waals surface area contributed by atoms with Gasteiger partial charge in [-0.1, -0.05) is 0 Å². The van der Waals surface area contributed by atoms with Crippen LogP contribution in [-0.2, 0) is 9.47 Å². The topological polar surface area (TPSA) is 38.7 Å². The molecule has 1 unspecified atom stereocenters. The number of hydrogen-bond acceptors (Lipinski definition) is 3. The number of aliphatic hydroxyl groups excluding tert-OH is 1. The van der Waals surface area contributed by atoms with Crippen LogP contribution in [0.5, 0.6) is 0 Å². The van der Waals surface area contributed by atoms with Gasteiger partial charge in [-0.05, 0) is 18.8 Å². The van der Waals surface area contributed by atoms with Crippen LogP contribution in [0.4, 0.5) is 0 Å². The Bertz CT molecular complexity index is 194. The van der Waals surface area contributed by atoms with Crippen LogP contribution in [0.25, 0.3) is 0 Å². The molecule has 68 valence electrons. The Morgan fingerprint density at radius 3 is 2.67 bits per heavy atom. The van der Waals surface area contributed by atoms with E-state index in [9.17, 15) is 5.11 Å². The fraction of sp³-hybridized carbons (Fsp3) is 1.00. The third kappa shape index (κ3) is 0.873. The molecule has 0 aromatic rings. The molecule has 0 spiro atoms. The molecular formula is C9H14O3. The molecule has 5 atom stereocenters. The Balaban J connectivity index is 1.81. The second kappa shape index (κ2) is 2.44. The monoisotopic (exact) mass is 170 g/mol. The lowest BCUT2D eigenvalue weighted by molar-refractivity contribution is -0.159. The summed E-state index contributed by atoms with van der Waals surface area (Å²) in [4.78, 5) is 0. The van der Waals surface area contributed by atoms with Gasteiger partial charge >= 0.3 is 0 Å². The van der Waals surface area contributed by atoms with Crippen LogP contribution in [0.2, 0.25) is 0 Å². The van der Waals surface area contributed by atoms with Crippen molar-refractivity contribution in [2.24, 2.45) is 11.8 Å². The van der Waals surface area contributed by atoms with Crippen molar-refractivity contribution >= 4 is 0 Å². The molecule has 0 amide bonds. The molecule has 3 fully saturated rings. The molecule has 12 heavy (non-hydrogen) atoms. The summed E-state index contributed by atoms with van der Waals surface area (Å²) in [5, 5.41) is 9.31. The molecule has 2 bridgehead atoms. The minimum absolute atomic E-state index is 0.429. The third-order valence-electron chi connectivity index (χ3n) is 3.55. The predicted octanol–water partition coefficient (Wildman–Crippen LogP) is 0.519. The van der Waals surface area contributed by atoms with E-state index in [0.29, 0.717) is 30.7 Å². The second-order valence-corrected chi connectivity index (χ2v) is 4.14. The number of aliphatic hydroxyl groups is 1. The van der Waals surface area contributed by atoms with Crippen molar-refractivity contribution in [3.05, 3.63) is 0 Å². The van der Waals surface area contributed by atoms with Crippen molar-refractivity contribution in [1.29, 1.82) is 0 Å². The molecule has 0 saturated carbocycles. The minimum Gasteiger partial charge on any atom is -0.374 e. The van der Waals surface area contributed by atoms with Crippen LogP contribution in [0.15, 0.2) is 0 Å². The number of fused-ring (bicyclic) bond motifs is 5. The summed E-state index contributed by atoms with van der Waals surface area (Å²) in [6, 6.07) is 0. The van der Waals surface area contributed by atoms with Crippen LogP contribution in [0, 0.1) is 11.8 Å². The van der Waals surface area contributed by atoms with Crippen molar-refractivity contribution < 1.29 is 14.6 Å². The van der Waals surface area contributed by atoms with Gasteiger partial charge in [0.15, 0.2) is 6.29 Å². The van der Waals surface area contributed by atoms with Crippen LogP contribution in [0.3, 0.4) is 0 Å². The van der Waals surface area contributed by atoms with Crippen molar-refractivity contribution in [2.45, 2.75) is 37.8 Å². The molecule has 3 aliphatic heterocycles. The Morgan fingerprint density at radius 1 is 1.08 bits per heavy atom. The smallest absolute Gasteiger partial charge is 0.154 e. The van der Waals surface area contributed by atoms with Crippen LogP contribution < -0.4 is 0 Å². The maximum Gasteiger partial charge on any atom is 0.154 e. The standard InChI is InChI=1S/C9H14O3/c10-9-3-5-6(4-11-9)8-2-1-7(5)12-8/h5-10H,1-4H2/t5-,6-,7+,8-,9?/m1/s1. The van der Waals surface area contributed by atoms with Gasteiger partial charge in [0.1, 0.15) is 0 Å². The SMILES string of the molecule is OC1C[C@@H]2[C@@H](CO1)[C@H]1CC[C@@H]2O1. The van der Waals surface area contributed by atoms with Gasteiger partial charge in [-0.15, -0.1) is 0 Å². The molecule has 3 heterocycles. The average molecular weight is 170 g/mol. The molecule has 3 saturated heterocycles. The van der Waals surface area contributed by atoms with Crippen LogP contribution in [0.1, 0.15) is 19.3 Å². The summed E-state index contributed by atoms with van der Waals surface area (Å²) in [6.45, 7) is 0.701. The summed E-state index contributed by atoms with van der Waals surface area (Å²) in [5.74, 6) is 1.15. The maximum absolute atomic E-state index is 9.31. The molecule has 3 rings (SSSR count). The summed E-state index contributed by atoms with van der Waals surface area (Å²) < 4.78 is 11.0. The van der Waals surface area contributed by atoms with E-state index >= 15 is 0 Å². The number of ether oxygens (including phenoxy) is 2. The van der Waals surface area contributed by atoms with Crippen LogP contribution >= 0.6 is 0 Å². The molecule has 3 nitrogen and oxygen atoms in total. The zero-order chi connectivity index (χ0) is 8.13. The largest absolute Gasteiger partial charge is 0.374 e. The Morgan fingerprint density at radius 2 is 1.83 bits per heavy atom. The lowest BCUT2D eigenvalue weighted by Crippen LogP contribution is -2.39. The van der Waals surface area contributed by atoms with Crippen LogP contribution in [-0.4, -0.2) is 30.2 Å². The molecule has 0 aromatic heterocycles. The first kappa shape index (κ1) is 7.30. The molecule has 0 aromatic carbocycles. The molecule has 1 N–H and O–H groups in total. The van der Waals surface area contributed by atoms with E-state index in [2.05, 4.69) is 0 Å². The van der Waals surface area contributed by atoms with E-state index < -0.39 is 6.29 Å². The average Bonchev–Trinajstić information content (AvgIpc) is 2.63. The molecule has 3 aliphatic rings. The highest BCUT2D eigenvalue weighted by atomic mass is 16.6. The van der Waals surface area contributed by atoms with Gasteiger partial charge < -0.3 is 14.6 Å². The minimum atomic E-state index is -0.533. The molecule has 0 radical (unpaired) electrons. The zero-order valence-corrected chi connectivity index (χ0v) is 6.98. The third-order valence-corrected chi connectivity index (χ3v) is 3.55.